The number of fused-ring (bicyclic) bond motifs is 1. The Morgan fingerprint density at radius 2 is 2.21 bits per heavy atom. The van der Waals surface area contributed by atoms with Crippen LogP contribution in [0.5, 0.6) is 0 Å². The second-order valence-corrected chi connectivity index (χ2v) is 4.65. The van der Waals surface area contributed by atoms with Crippen molar-refractivity contribution in [2.24, 2.45) is 0 Å². The Balaban J connectivity index is 1.79. The third-order valence-electron chi connectivity index (χ3n) is 3.39. The van der Waals surface area contributed by atoms with Crippen molar-refractivity contribution in [1.82, 2.24) is 20.5 Å². The van der Waals surface area contributed by atoms with Crippen LogP contribution in [-0.4, -0.2) is 15.2 Å². The topological polar surface area (TPSA) is 53.6 Å². The molecule has 0 fully saturated rings. The number of benzene rings is 1. The highest BCUT2D eigenvalue weighted by Gasteiger charge is 2.07. The number of H-pyrrole nitrogens is 1. The predicted molar refractivity (Wildman–Crippen MR) is 75.6 cm³/mol. The van der Waals surface area contributed by atoms with Crippen molar-refractivity contribution in [3.63, 3.8) is 0 Å². The minimum absolute atomic E-state index is 0.274. The van der Waals surface area contributed by atoms with E-state index in [2.05, 4.69) is 51.7 Å². The number of rotatable bonds is 4. The van der Waals surface area contributed by atoms with E-state index in [-0.39, 0.29) is 6.04 Å². The van der Waals surface area contributed by atoms with Crippen molar-refractivity contribution in [2.75, 3.05) is 0 Å². The van der Waals surface area contributed by atoms with Crippen LogP contribution in [0.1, 0.15) is 24.1 Å². The number of nitrogens with zero attached hydrogens (tertiary/aromatic N) is 2. The summed E-state index contributed by atoms with van der Waals surface area (Å²) >= 11 is 0. The van der Waals surface area contributed by atoms with Crippen LogP contribution >= 0.6 is 0 Å². The fraction of sp³-hybridized carbons (Fsp3) is 0.200. The van der Waals surface area contributed by atoms with Gasteiger partial charge in [0.2, 0.25) is 0 Å². The van der Waals surface area contributed by atoms with Gasteiger partial charge in [-0.2, -0.15) is 5.10 Å². The van der Waals surface area contributed by atoms with Gasteiger partial charge in [0.15, 0.2) is 0 Å². The van der Waals surface area contributed by atoms with Gasteiger partial charge in [0.25, 0.3) is 0 Å². The third kappa shape index (κ3) is 2.48. The zero-order valence-electron chi connectivity index (χ0n) is 10.8. The van der Waals surface area contributed by atoms with E-state index in [0.717, 1.165) is 6.54 Å². The zero-order chi connectivity index (χ0) is 13.1. The molecule has 0 aliphatic rings. The minimum atomic E-state index is 0.274. The first kappa shape index (κ1) is 11.9. The maximum Gasteiger partial charge on any atom is 0.0534 e. The quantitative estimate of drug-likeness (QED) is 0.750. The number of pyridine rings is 1. The lowest BCUT2D eigenvalue weighted by atomic mass is 10.1. The molecule has 1 unspecified atom stereocenters. The number of nitrogens with one attached hydrogen (secondary N) is 2. The summed E-state index contributed by atoms with van der Waals surface area (Å²) in [6.45, 7) is 2.96. The first-order valence-electron chi connectivity index (χ1n) is 6.38. The van der Waals surface area contributed by atoms with E-state index in [9.17, 15) is 0 Å². The standard InChI is InChI=1S/C15H16N4/c1-11(14-9-18-19-10-14)17-8-13-4-2-3-12-7-16-6-5-15(12)13/h2-7,9-11,17H,8H2,1H3,(H,18,19). The van der Waals surface area contributed by atoms with Gasteiger partial charge in [0.05, 0.1) is 6.20 Å². The van der Waals surface area contributed by atoms with Crippen LogP contribution in [0.25, 0.3) is 10.8 Å². The molecule has 3 aromatic rings. The van der Waals surface area contributed by atoms with Gasteiger partial charge in [0.1, 0.15) is 0 Å². The van der Waals surface area contributed by atoms with Crippen molar-refractivity contribution in [3.8, 4) is 0 Å². The monoisotopic (exact) mass is 252 g/mol. The number of hydrogen-bond acceptors (Lipinski definition) is 3. The molecular weight excluding hydrogens is 236 g/mol. The van der Waals surface area contributed by atoms with Gasteiger partial charge in [0, 0.05) is 42.1 Å². The summed E-state index contributed by atoms with van der Waals surface area (Å²) in [5, 5.41) is 12.8. The van der Waals surface area contributed by atoms with Crippen LogP contribution in [0, 0.1) is 0 Å². The van der Waals surface area contributed by atoms with Crippen LogP contribution in [0.15, 0.2) is 49.1 Å². The van der Waals surface area contributed by atoms with Crippen molar-refractivity contribution in [3.05, 3.63) is 60.2 Å². The van der Waals surface area contributed by atoms with E-state index in [1.54, 1.807) is 0 Å². The lowest BCUT2D eigenvalue weighted by Gasteiger charge is -2.13. The smallest absolute Gasteiger partial charge is 0.0534 e. The molecule has 1 atom stereocenters. The SMILES string of the molecule is CC(NCc1cccc2cnccc12)c1cn[nH]c1. The van der Waals surface area contributed by atoms with Gasteiger partial charge in [-0.3, -0.25) is 10.1 Å². The predicted octanol–water partition coefficient (Wildman–Crippen LogP) is 2.81. The highest BCUT2D eigenvalue weighted by Crippen LogP contribution is 2.18. The van der Waals surface area contributed by atoms with Crippen molar-refractivity contribution < 1.29 is 0 Å². The van der Waals surface area contributed by atoms with Gasteiger partial charge < -0.3 is 5.32 Å². The molecule has 0 aliphatic carbocycles. The Morgan fingerprint density at radius 1 is 1.26 bits per heavy atom. The summed E-state index contributed by atoms with van der Waals surface area (Å²) in [5.41, 5.74) is 2.46. The molecule has 19 heavy (non-hydrogen) atoms. The Kier molecular flexibility index (Phi) is 3.25. The minimum Gasteiger partial charge on any atom is -0.306 e. The van der Waals surface area contributed by atoms with E-state index >= 15 is 0 Å². The average Bonchev–Trinajstić information content (AvgIpc) is 2.99. The van der Waals surface area contributed by atoms with E-state index < -0.39 is 0 Å². The zero-order valence-corrected chi connectivity index (χ0v) is 10.8. The number of aromatic nitrogens is 3. The van der Waals surface area contributed by atoms with Gasteiger partial charge in [-0.15, -0.1) is 0 Å². The van der Waals surface area contributed by atoms with Crippen LogP contribution in [0.4, 0.5) is 0 Å². The second kappa shape index (κ2) is 5.20. The molecule has 3 rings (SSSR count). The molecule has 0 spiro atoms. The molecule has 0 bridgehead atoms. The normalized spacial score (nSPS) is 12.7. The van der Waals surface area contributed by atoms with Crippen LogP contribution in [-0.2, 0) is 6.54 Å². The number of aromatic amines is 1. The maximum atomic E-state index is 4.16. The van der Waals surface area contributed by atoms with Gasteiger partial charge in [-0.25, -0.2) is 0 Å². The molecular formula is C15H16N4. The van der Waals surface area contributed by atoms with Crippen molar-refractivity contribution >= 4 is 10.8 Å². The fourth-order valence-electron chi connectivity index (χ4n) is 2.22. The summed E-state index contributed by atoms with van der Waals surface area (Å²) in [6.07, 6.45) is 7.51. The highest BCUT2D eigenvalue weighted by molar-refractivity contribution is 5.84. The molecule has 1 aromatic carbocycles. The van der Waals surface area contributed by atoms with Crippen molar-refractivity contribution in [1.29, 1.82) is 0 Å². The molecule has 0 amide bonds. The van der Waals surface area contributed by atoms with Crippen LogP contribution in [0.2, 0.25) is 0 Å². The highest BCUT2D eigenvalue weighted by atomic mass is 15.1. The Labute approximate surface area is 111 Å². The summed E-state index contributed by atoms with van der Waals surface area (Å²) in [4.78, 5) is 4.16. The molecule has 0 aliphatic heterocycles. The Bertz CT molecular complexity index is 655. The largest absolute Gasteiger partial charge is 0.306 e. The lowest BCUT2D eigenvalue weighted by molar-refractivity contribution is 0.576. The van der Waals surface area contributed by atoms with Gasteiger partial charge >= 0.3 is 0 Å². The Hall–Kier alpha value is -2.20. The molecule has 2 heterocycles. The number of hydrogen-bond donors (Lipinski definition) is 2. The second-order valence-electron chi connectivity index (χ2n) is 4.65. The summed E-state index contributed by atoms with van der Waals surface area (Å²) in [7, 11) is 0. The van der Waals surface area contributed by atoms with Crippen molar-refractivity contribution in [2.45, 2.75) is 19.5 Å². The lowest BCUT2D eigenvalue weighted by Crippen LogP contribution is -2.17. The fourth-order valence-corrected chi connectivity index (χ4v) is 2.22. The first-order chi connectivity index (χ1) is 9.34. The molecule has 0 saturated carbocycles. The molecule has 4 nitrogen and oxygen atoms in total. The first-order valence-corrected chi connectivity index (χ1v) is 6.38. The summed E-state index contributed by atoms with van der Waals surface area (Å²) < 4.78 is 0. The van der Waals surface area contributed by atoms with E-state index in [1.165, 1.54) is 21.9 Å². The average molecular weight is 252 g/mol. The van der Waals surface area contributed by atoms with E-state index in [4.69, 9.17) is 0 Å². The summed E-state index contributed by atoms with van der Waals surface area (Å²) in [6, 6.07) is 8.65. The molecule has 2 aromatic heterocycles. The molecule has 2 N–H and O–H groups in total. The van der Waals surface area contributed by atoms with E-state index in [1.807, 2.05) is 24.8 Å². The Morgan fingerprint density at radius 3 is 3.05 bits per heavy atom. The van der Waals surface area contributed by atoms with E-state index in [0.29, 0.717) is 0 Å². The van der Waals surface area contributed by atoms with Crippen LogP contribution < -0.4 is 5.32 Å². The van der Waals surface area contributed by atoms with Gasteiger partial charge in [-0.1, -0.05) is 18.2 Å². The third-order valence-corrected chi connectivity index (χ3v) is 3.39. The molecule has 0 radical (unpaired) electrons. The maximum absolute atomic E-state index is 4.16. The molecule has 96 valence electrons. The summed E-state index contributed by atoms with van der Waals surface area (Å²) in [5.74, 6) is 0. The van der Waals surface area contributed by atoms with Gasteiger partial charge in [-0.05, 0) is 23.9 Å². The molecule has 0 saturated heterocycles. The molecule has 4 heteroatoms. The van der Waals surface area contributed by atoms with Crippen LogP contribution in [0.3, 0.4) is 0 Å².